The average Bonchev–Trinajstić information content (AvgIpc) is 2.35. The molecule has 0 spiro atoms. The standard InChI is InChI=1S/C12H8Cl3NO2/c1-5-3-7(13)11-8(9(5)14)10(15)6(4-16-11)12(17)18-2/h3-4H,1-2H3. The predicted octanol–water partition coefficient (Wildman–Crippen LogP) is 4.29. The molecule has 0 bridgehead atoms. The van der Waals surface area contributed by atoms with Gasteiger partial charge in [-0.05, 0) is 18.6 Å². The molecule has 0 aliphatic carbocycles. The van der Waals surface area contributed by atoms with Gasteiger partial charge in [-0.2, -0.15) is 0 Å². The second kappa shape index (κ2) is 4.92. The molecule has 2 rings (SSSR count). The third kappa shape index (κ3) is 2.03. The van der Waals surface area contributed by atoms with E-state index in [1.165, 1.54) is 13.3 Å². The zero-order chi connectivity index (χ0) is 13.4. The van der Waals surface area contributed by atoms with Gasteiger partial charge in [-0.3, -0.25) is 4.98 Å². The van der Waals surface area contributed by atoms with E-state index in [1.807, 2.05) is 0 Å². The minimum Gasteiger partial charge on any atom is -0.465 e. The monoisotopic (exact) mass is 303 g/mol. The van der Waals surface area contributed by atoms with Crippen LogP contribution in [0.25, 0.3) is 10.9 Å². The Balaban J connectivity index is 2.89. The van der Waals surface area contributed by atoms with Crippen LogP contribution < -0.4 is 0 Å². The van der Waals surface area contributed by atoms with Gasteiger partial charge in [-0.15, -0.1) is 0 Å². The molecule has 94 valence electrons. The summed E-state index contributed by atoms with van der Waals surface area (Å²) in [6.07, 6.45) is 1.33. The third-order valence-electron chi connectivity index (χ3n) is 2.56. The lowest BCUT2D eigenvalue weighted by Crippen LogP contribution is -2.03. The number of aromatic nitrogens is 1. The van der Waals surface area contributed by atoms with Crippen molar-refractivity contribution in [2.75, 3.05) is 7.11 Å². The third-order valence-corrected chi connectivity index (χ3v) is 3.72. The molecule has 0 radical (unpaired) electrons. The Morgan fingerprint density at radius 2 is 1.94 bits per heavy atom. The second-order valence-corrected chi connectivity index (χ2v) is 4.85. The Hall–Kier alpha value is -1.03. The zero-order valence-electron chi connectivity index (χ0n) is 9.55. The molecule has 2 aromatic rings. The quantitative estimate of drug-likeness (QED) is 0.738. The van der Waals surface area contributed by atoms with Gasteiger partial charge in [0.05, 0.1) is 33.3 Å². The molecule has 0 saturated carbocycles. The Kier molecular flexibility index (Phi) is 3.66. The van der Waals surface area contributed by atoms with Crippen molar-refractivity contribution in [1.82, 2.24) is 4.98 Å². The lowest BCUT2D eigenvalue weighted by Gasteiger charge is -2.10. The Labute approximate surface area is 119 Å². The summed E-state index contributed by atoms with van der Waals surface area (Å²) < 4.78 is 4.63. The van der Waals surface area contributed by atoms with Crippen LogP contribution in [0.2, 0.25) is 15.1 Å². The first-order valence-corrected chi connectivity index (χ1v) is 6.12. The molecule has 6 heteroatoms. The summed E-state index contributed by atoms with van der Waals surface area (Å²) >= 11 is 18.4. The van der Waals surface area contributed by atoms with Crippen LogP contribution in [-0.2, 0) is 4.74 Å². The number of hydrogen-bond donors (Lipinski definition) is 0. The van der Waals surface area contributed by atoms with Gasteiger partial charge < -0.3 is 4.74 Å². The number of rotatable bonds is 1. The molecule has 0 aliphatic rings. The fourth-order valence-corrected chi connectivity index (χ4v) is 2.55. The molecule has 0 saturated heterocycles. The minimum atomic E-state index is -0.567. The van der Waals surface area contributed by atoms with Crippen LogP contribution in [0.15, 0.2) is 12.3 Å². The highest BCUT2D eigenvalue weighted by Gasteiger charge is 2.18. The number of ether oxygens (including phenoxy) is 1. The van der Waals surface area contributed by atoms with E-state index in [0.29, 0.717) is 20.9 Å². The molecule has 1 heterocycles. The topological polar surface area (TPSA) is 39.2 Å². The Morgan fingerprint density at radius 3 is 2.56 bits per heavy atom. The number of aryl methyl sites for hydroxylation is 1. The fourth-order valence-electron chi connectivity index (χ4n) is 1.64. The molecule has 18 heavy (non-hydrogen) atoms. The molecule has 0 aliphatic heterocycles. The Morgan fingerprint density at radius 1 is 1.28 bits per heavy atom. The van der Waals surface area contributed by atoms with Crippen molar-refractivity contribution in [3.63, 3.8) is 0 Å². The highest BCUT2D eigenvalue weighted by atomic mass is 35.5. The highest BCUT2D eigenvalue weighted by molar-refractivity contribution is 6.46. The van der Waals surface area contributed by atoms with Crippen LogP contribution in [0, 0.1) is 6.92 Å². The zero-order valence-corrected chi connectivity index (χ0v) is 11.8. The number of hydrogen-bond acceptors (Lipinski definition) is 3. The summed E-state index contributed by atoms with van der Waals surface area (Å²) in [5.74, 6) is -0.567. The van der Waals surface area contributed by atoms with Gasteiger partial charge in [0.2, 0.25) is 0 Å². The molecular formula is C12H8Cl3NO2. The van der Waals surface area contributed by atoms with E-state index in [-0.39, 0.29) is 10.6 Å². The van der Waals surface area contributed by atoms with E-state index in [4.69, 9.17) is 34.8 Å². The summed E-state index contributed by atoms with van der Waals surface area (Å²) in [7, 11) is 1.27. The molecule has 1 aromatic heterocycles. The summed E-state index contributed by atoms with van der Waals surface area (Å²) in [6.45, 7) is 1.80. The van der Waals surface area contributed by atoms with Crippen LogP contribution in [0.5, 0.6) is 0 Å². The molecular weight excluding hydrogens is 296 g/mol. The molecule has 0 N–H and O–H groups in total. The highest BCUT2D eigenvalue weighted by Crippen LogP contribution is 2.37. The number of carbonyl (C=O) groups is 1. The van der Waals surface area contributed by atoms with Gasteiger partial charge in [0, 0.05) is 11.6 Å². The first kappa shape index (κ1) is 13.4. The number of benzene rings is 1. The lowest BCUT2D eigenvalue weighted by atomic mass is 10.1. The number of nitrogens with zero attached hydrogens (tertiary/aromatic N) is 1. The fraction of sp³-hybridized carbons (Fsp3) is 0.167. The Bertz CT molecular complexity index is 656. The minimum absolute atomic E-state index is 0.162. The second-order valence-electron chi connectivity index (χ2n) is 3.69. The van der Waals surface area contributed by atoms with E-state index < -0.39 is 5.97 Å². The van der Waals surface area contributed by atoms with Crippen molar-refractivity contribution in [3.8, 4) is 0 Å². The molecule has 0 amide bonds. The summed E-state index contributed by atoms with van der Waals surface area (Å²) in [5.41, 5.74) is 1.39. The molecule has 0 atom stereocenters. The van der Waals surface area contributed by atoms with Crippen molar-refractivity contribution < 1.29 is 9.53 Å². The van der Waals surface area contributed by atoms with Gasteiger partial charge in [0.1, 0.15) is 0 Å². The number of carbonyl (C=O) groups excluding carboxylic acids is 1. The van der Waals surface area contributed by atoms with Crippen molar-refractivity contribution in [1.29, 1.82) is 0 Å². The van der Waals surface area contributed by atoms with Crippen LogP contribution in [0.3, 0.4) is 0 Å². The maximum absolute atomic E-state index is 11.5. The lowest BCUT2D eigenvalue weighted by molar-refractivity contribution is 0.0600. The number of halogens is 3. The largest absolute Gasteiger partial charge is 0.465 e. The first-order chi connectivity index (χ1) is 8.47. The van der Waals surface area contributed by atoms with Crippen LogP contribution in [0.1, 0.15) is 15.9 Å². The number of esters is 1. The summed E-state index contributed by atoms with van der Waals surface area (Å²) in [6, 6.07) is 1.70. The van der Waals surface area contributed by atoms with E-state index in [9.17, 15) is 4.79 Å². The normalized spacial score (nSPS) is 10.7. The first-order valence-electron chi connectivity index (χ1n) is 4.98. The van der Waals surface area contributed by atoms with Crippen molar-refractivity contribution >= 4 is 51.7 Å². The van der Waals surface area contributed by atoms with E-state index in [2.05, 4.69) is 9.72 Å². The van der Waals surface area contributed by atoms with E-state index in [1.54, 1.807) is 13.0 Å². The van der Waals surface area contributed by atoms with Crippen molar-refractivity contribution in [3.05, 3.63) is 38.5 Å². The average molecular weight is 305 g/mol. The number of methoxy groups -OCH3 is 1. The van der Waals surface area contributed by atoms with Gasteiger partial charge in [0.15, 0.2) is 0 Å². The maximum Gasteiger partial charge on any atom is 0.340 e. The molecule has 0 fully saturated rings. The molecule has 3 nitrogen and oxygen atoms in total. The van der Waals surface area contributed by atoms with E-state index >= 15 is 0 Å². The molecule has 0 unspecified atom stereocenters. The van der Waals surface area contributed by atoms with Gasteiger partial charge in [-0.25, -0.2) is 4.79 Å². The summed E-state index contributed by atoms with van der Waals surface area (Å²) in [4.78, 5) is 15.6. The summed E-state index contributed by atoms with van der Waals surface area (Å²) in [5, 5.41) is 1.52. The van der Waals surface area contributed by atoms with Crippen LogP contribution in [0.4, 0.5) is 0 Å². The number of fused-ring (bicyclic) bond motifs is 1. The van der Waals surface area contributed by atoms with Crippen molar-refractivity contribution in [2.45, 2.75) is 6.92 Å². The SMILES string of the molecule is COC(=O)c1cnc2c(Cl)cc(C)c(Cl)c2c1Cl. The smallest absolute Gasteiger partial charge is 0.340 e. The van der Waals surface area contributed by atoms with Crippen LogP contribution >= 0.6 is 34.8 Å². The van der Waals surface area contributed by atoms with Gasteiger partial charge in [0.25, 0.3) is 0 Å². The van der Waals surface area contributed by atoms with E-state index in [0.717, 1.165) is 5.56 Å². The van der Waals surface area contributed by atoms with Crippen LogP contribution in [-0.4, -0.2) is 18.1 Å². The van der Waals surface area contributed by atoms with Crippen molar-refractivity contribution in [2.24, 2.45) is 0 Å². The number of pyridine rings is 1. The van der Waals surface area contributed by atoms with Gasteiger partial charge in [-0.1, -0.05) is 34.8 Å². The predicted molar refractivity (Wildman–Crippen MR) is 72.8 cm³/mol. The molecule has 1 aromatic carbocycles. The maximum atomic E-state index is 11.5. The van der Waals surface area contributed by atoms with Gasteiger partial charge >= 0.3 is 5.97 Å².